The quantitative estimate of drug-likeness (QED) is 0.601. The molecule has 1 aromatic heterocycles. The van der Waals surface area contributed by atoms with Gasteiger partial charge in [-0.15, -0.1) is 0 Å². The minimum absolute atomic E-state index is 0.0548. The lowest BCUT2D eigenvalue weighted by Crippen LogP contribution is -2.47. The van der Waals surface area contributed by atoms with Crippen molar-refractivity contribution >= 4 is 17.5 Å². The Balaban J connectivity index is 1.37. The van der Waals surface area contributed by atoms with Crippen molar-refractivity contribution in [2.75, 3.05) is 49.9 Å². The summed E-state index contributed by atoms with van der Waals surface area (Å²) < 4.78 is 0. The van der Waals surface area contributed by atoms with E-state index in [0.717, 1.165) is 50.7 Å². The number of hydrogen-bond donors (Lipinski definition) is 2. The van der Waals surface area contributed by atoms with E-state index in [0.29, 0.717) is 17.8 Å². The monoisotopic (exact) mass is 354 g/mol. The van der Waals surface area contributed by atoms with Gasteiger partial charge in [0.2, 0.25) is 5.95 Å². The van der Waals surface area contributed by atoms with Crippen LogP contribution >= 0.6 is 0 Å². The Hall–Kier alpha value is -2.67. The van der Waals surface area contributed by atoms with E-state index in [1.54, 1.807) is 18.5 Å². The number of aryl methyl sites for hydroxylation is 1. The fraction of sp³-hybridized carbons (Fsp3) is 0.421. The van der Waals surface area contributed by atoms with Crippen LogP contribution in [0.4, 0.5) is 11.6 Å². The number of hydrogen-bond acceptors (Lipinski definition) is 6. The number of nitrogens with zero attached hydrogens (tertiary/aromatic N) is 4. The molecule has 2 heterocycles. The van der Waals surface area contributed by atoms with Crippen molar-refractivity contribution < 1.29 is 4.79 Å². The molecule has 1 saturated heterocycles. The first-order valence-corrected chi connectivity index (χ1v) is 9.02. The molecule has 26 heavy (non-hydrogen) atoms. The van der Waals surface area contributed by atoms with Crippen molar-refractivity contribution in [3.8, 4) is 0 Å². The van der Waals surface area contributed by atoms with E-state index >= 15 is 0 Å². The van der Waals surface area contributed by atoms with E-state index in [2.05, 4.69) is 25.1 Å². The van der Waals surface area contributed by atoms with Crippen LogP contribution in [0.3, 0.4) is 0 Å². The summed E-state index contributed by atoms with van der Waals surface area (Å²) in [5, 5.41) is 2.99. The molecule has 2 aromatic rings. The van der Waals surface area contributed by atoms with Gasteiger partial charge < -0.3 is 16.0 Å². The lowest BCUT2D eigenvalue weighted by molar-refractivity contribution is 0.0951. The van der Waals surface area contributed by atoms with Crippen LogP contribution in [0.15, 0.2) is 36.7 Å². The molecule has 1 aliphatic rings. The molecule has 1 aromatic carbocycles. The van der Waals surface area contributed by atoms with Gasteiger partial charge in [0, 0.05) is 56.4 Å². The molecule has 0 spiro atoms. The first kappa shape index (κ1) is 18.1. The van der Waals surface area contributed by atoms with E-state index in [9.17, 15) is 4.79 Å². The molecule has 0 bridgehead atoms. The molecular weight excluding hydrogens is 328 g/mol. The number of nitrogens with two attached hydrogens (primary N) is 1. The fourth-order valence-electron chi connectivity index (χ4n) is 3.11. The fourth-order valence-corrected chi connectivity index (χ4v) is 3.11. The van der Waals surface area contributed by atoms with Crippen molar-refractivity contribution in [3.05, 3.63) is 47.8 Å². The summed E-state index contributed by atoms with van der Waals surface area (Å²) in [4.78, 5) is 25.5. The average Bonchev–Trinajstić information content (AvgIpc) is 2.68. The van der Waals surface area contributed by atoms with Gasteiger partial charge in [0.15, 0.2) is 0 Å². The Labute approximate surface area is 154 Å². The van der Waals surface area contributed by atoms with Gasteiger partial charge in [-0.1, -0.05) is 6.07 Å². The van der Waals surface area contributed by atoms with Crippen LogP contribution in [-0.2, 0) is 0 Å². The van der Waals surface area contributed by atoms with Gasteiger partial charge in [-0.25, -0.2) is 9.97 Å². The highest BCUT2D eigenvalue weighted by atomic mass is 16.1. The van der Waals surface area contributed by atoms with Crippen LogP contribution in [0.25, 0.3) is 0 Å². The van der Waals surface area contributed by atoms with Gasteiger partial charge in [0.1, 0.15) is 0 Å². The molecule has 3 N–H and O–H groups in total. The van der Waals surface area contributed by atoms with Gasteiger partial charge in [0.05, 0.1) is 0 Å². The predicted molar refractivity (Wildman–Crippen MR) is 103 cm³/mol. The molecule has 138 valence electrons. The topological polar surface area (TPSA) is 87.4 Å². The maximum absolute atomic E-state index is 12.3. The summed E-state index contributed by atoms with van der Waals surface area (Å²) in [6, 6.07) is 7.25. The van der Waals surface area contributed by atoms with Crippen LogP contribution in [0, 0.1) is 6.92 Å². The third-order valence-electron chi connectivity index (χ3n) is 4.65. The molecule has 1 amide bonds. The Bertz CT molecular complexity index is 728. The molecule has 0 aliphatic carbocycles. The number of benzene rings is 1. The standard InChI is InChI=1S/C19H26N6O/c1-15-4-5-16(20)14-17(15)18(26)21-8-3-9-24-10-12-25(13-11-24)19-22-6-2-7-23-19/h2,4-7,14H,3,8-13,20H2,1H3,(H,21,26). The van der Waals surface area contributed by atoms with Crippen LogP contribution in [-0.4, -0.2) is 60.0 Å². The average molecular weight is 354 g/mol. The van der Waals surface area contributed by atoms with Crippen molar-refractivity contribution in [2.24, 2.45) is 0 Å². The summed E-state index contributed by atoms with van der Waals surface area (Å²) in [6.45, 7) is 7.39. The predicted octanol–water partition coefficient (Wildman–Crippen LogP) is 1.31. The zero-order chi connectivity index (χ0) is 18.4. The van der Waals surface area contributed by atoms with Gasteiger partial charge in [-0.3, -0.25) is 9.69 Å². The summed E-state index contributed by atoms with van der Waals surface area (Å²) >= 11 is 0. The van der Waals surface area contributed by atoms with E-state index in [1.165, 1.54) is 0 Å². The maximum atomic E-state index is 12.3. The first-order chi connectivity index (χ1) is 12.6. The third kappa shape index (κ3) is 4.70. The van der Waals surface area contributed by atoms with Gasteiger partial charge in [-0.2, -0.15) is 0 Å². The molecule has 3 rings (SSSR count). The normalized spacial score (nSPS) is 15.0. The molecule has 1 fully saturated rings. The first-order valence-electron chi connectivity index (χ1n) is 9.02. The highest BCUT2D eigenvalue weighted by Crippen LogP contribution is 2.12. The van der Waals surface area contributed by atoms with Crippen LogP contribution < -0.4 is 16.0 Å². The molecule has 1 aliphatic heterocycles. The number of amides is 1. The van der Waals surface area contributed by atoms with Crippen molar-refractivity contribution in [2.45, 2.75) is 13.3 Å². The highest BCUT2D eigenvalue weighted by molar-refractivity contribution is 5.96. The second-order valence-electron chi connectivity index (χ2n) is 6.56. The van der Waals surface area contributed by atoms with E-state index < -0.39 is 0 Å². The van der Waals surface area contributed by atoms with Crippen molar-refractivity contribution in [3.63, 3.8) is 0 Å². The van der Waals surface area contributed by atoms with Gasteiger partial charge >= 0.3 is 0 Å². The van der Waals surface area contributed by atoms with Gasteiger partial charge in [0.25, 0.3) is 5.91 Å². The number of rotatable bonds is 6. The number of anilines is 2. The van der Waals surface area contributed by atoms with E-state index in [-0.39, 0.29) is 5.91 Å². The number of nitrogen functional groups attached to an aromatic ring is 1. The number of carbonyl (C=O) groups is 1. The second kappa shape index (κ2) is 8.62. The van der Waals surface area contributed by atoms with Crippen LogP contribution in [0.1, 0.15) is 22.3 Å². The molecule has 0 saturated carbocycles. The molecular formula is C19H26N6O. The second-order valence-corrected chi connectivity index (χ2v) is 6.56. The summed E-state index contributed by atoms with van der Waals surface area (Å²) in [7, 11) is 0. The molecule has 0 radical (unpaired) electrons. The lowest BCUT2D eigenvalue weighted by atomic mass is 10.1. The number of nitrogens with one attached hydrogen (secondary N) is 1. The SMILES string of the molecule is Cc1ccc(N)cc1C(=O)NCCCN1CCN(c2ncccn2)CC1. The Kier molecular flexibility index (Phi) is 6.01. The molecule has 0 unspecified atom stereocenters. The largest absolute Gasteiger partial charge is 0.399 e. The molecule has 0 atom stereocenters. The summed E-state index contributed by atoms with van der Waals surface area (Å²) in [5.74, 6) is 0.748. The van der Waals surface area contributed by atoms with Crippen LogP contribution in [0.5, 0.6) is 0 Å². The van der Waals surface area contributed by atoms with Crippen LogP contribution in [0.2, 0.25) is 0 Å². The molecule has 7 heteroatoms. The van der Waals surface area contributed by atoms with E-state index in [4.69, 9.17) is 5.73 Å². The Morgan fingerprint density at radius 3 is 2.65 bits per heavy atom. The highest BCUT2D eigenvalue weighted by Gasteiger charge is 2.18. The van der Waals surface area contributed by atoms with Crippen molar-refractivity contribution in [1.29, 1.82) is 0 Å². The Morgan fingerprint density at radius 2 is 1.92 bits per heavy atom. The minimum atomic E-state index is -0.0548. The van der Waals surface area contributed by atoms with Gasteiger partial charge in [-0.05, 0) is 43.7 Å². The van der Waals surface area contributed by atoms with Crippen molar-refractivity contribution in [1.82, 2.24) is 20.2 Å². The number of aromatic nitrogens is 2. The molecule has 7 nitrogen and oxygen atoms in total. The maximum Gasteiger partial charge on any atom is 0.251 e. The third-order valence-corrected chi connectivity index (χ3v) is 4.65. The number of carbonyl (C=O) groups excluding carboxylic acids is 1. The smallest absolute Gasteiger partial charge is 0.251 e. The lowest BCUT2D eigenvalue weighted by Gasteiger charge is -2.34. The summed E-state index contributed by atoms with van der Waals surface area (Å²) in [5.41, 5.74) is 7.98. The minimum Gasteiger partial charge on any atom is -0.399 e. The summed E-state index contributed by atoms with van der Waals surface area (Å²) in [6.07, 6.45) is 4.48. The zero-order valence-electron chi connectivity index (χ0n) is 15.2. The zero-order valence-corrected chi connectivity index (χ0v) is 15.2. The number of piperazine rings is 1. The van der Waals surface area contributed by atoms with E-state index in [1.807, 2.05) is 25.1 Å². The Morgan fingerprint density at radius 1 is 1.19 bits per heavy atom.